The van der Waals surface area contributed by atoms with Gasteiger partial charge in [0.05, 0.1) is 0 Å². The summed E-state index contributed by atoms with van der Waals surface area (Å²) in [6.07, 6.45) is 5.47. The van der Waals surface area contributed by atoms with Crippen LogP contribution in [-0.4, -0.2) is 0 Å². The fourth-order valence-corrected chi connectivity index (χ4v) is 1.65. The lowest BCUT2D eigenvalue weighted by atomic mass is 10.00. The molecule has 0 radical (unpaired) electrons. The highest BCUT2D eigenvalue weighted by atomic mass is 14.5. The van der Waals surface area contributed by atoms with Gasteiger partial charge in [-0.05, 0) is 35.4 Å². The van der Waals surface area contributed by atoms with E-state index in [1.165, 1.54) is 0 Å². The largest absolute Gasteiger partial charge is 0.399 e. The van der Waals surface area contributed by atoms with E-state index in [0.29, 0.717) is 0 Å². The summed E-state index contributed by atoms with van der Waals surface area (Å²) in [6.45, 7) is 2.02. The molecule has 0 amide bonds. The molecule has 0 saturated heterocycles. The van der Waals surface area contributed by atoms with Crippen molar-refractivity contribution in [2.24, 2.45) is 0 Å². The van der Waals surface area contributed by atoms with Crippen molar-refractivity contribution >= 4 is 16.5 Å². The molecule has 0 unspecified atom stereocenters. The number of hydrogen-bond acceptors (Lipinski definition) is 1. The first-order chi connectivity index (χ1) is 6.72. The summed E-state index contributed by atoms with van der Waals surface area (Å²) >= 11 is 0. The molecule has 0 aliphatic heterocycles. The SMILES string of the molecule is C#Cc1c(C)ccc2cc(N)ccc12. The fourth-order valence-electron chi connectivity index (χ4n) is 1.65. The third-order valence-electron chi connectivity index (χ3n) is 2.40. The molecule has 0 spiro atoms. The zero-order valence-corrected chi connectivity index (χ0v) is 8.04. The lowest BCUT2D eigenvalue weighted by Gasteiger charge is -2.05. The van der Waals surface area contributed by atoms with Gasteiger partial charge in [-0.3, -0.25) is 0 Å². The lowest BCUT2D eigenvalue weighted by molar-refractivity contribution is 1.47. The molecule has 0 aliphatic carbocycles. The van der Waals surface area contributed by atoms with Crippen molar-refractivity contribution in [1.29, 1.82) is 0 Å². The molecule has 1 nitrogen and oxygen atoms in total. The standard InChI is InChI=1S/C13H11N/c1-3-12-9(2)4-5-10-8-11(14)6-7-13(10)12/h1,4-8H,14H2,2H3. The van der Waals surface area contributed by atoms with E-state index in [0.717, 1.165) is 27.6 Å². The quantitative estimate of drug-likeness (QED) is 0.491. The number of aryl methyl sites for hydroxylation is 1. The number of nitrogens with two attached hydrogens (primary N) is 1. The highest BCUT2D eigenvalue weighted by molar-refractivity contribution is 5.91. The Labute approximate surface area is 83.5 Å². The Balaban J connectivity index is 2.90. The van der Waals surface area contributed by atoms with E-state index in [4.69, 9.17) is 12.2 Å². The summed E-state index contributed by atoms with van der Waals surface area (Å²) in [5, 5.41) is 2.20. The molecule has 0 fully saturated rings. The second-order valence-electron chi connectivity index (χ2n) is 3.38. The van der Waals surface area contributed by atoms with Crippen LogP contribution in [0.2, 0.25) is 0 Å². The Hall–Kier alpha value is -1.94. The van der Waals surface area contributed by atoms with Crippen LogP contribution in [0.15, 0.2) is 30.3 Å². The zero-order chi connectivity index (χ0) is 10.1. The maximum absolute atomic E-state index is 5.70. The van der Waals surface area contributed by atoms with Gasteiger partial charge in [0.1, 0.15) is 0 Å². The average molecular weight is 181 g/mol. The maximum Gasteiger partial charge on any atom is 0.0350 e. The van der Waals surface area contributed by atoms with Crippen LogP contribution in [0.1, 0.15) is 11.1 Å². The van der Waals surface area contributed by atoms with Crippen LogP contribution < -0.4 is 5.73 Å². The minimum absolute atomic E-state index is 0.768. The molecule has 0 heterocycles. The first-order valence-electron chi connectivity index (χ1n) is 4.48. The minimum Gasteiger partial charge on any atom is -0.399 e. The van der Waals surface area contributed by atoms with E-state index in [-0.39, 0.29) is 0 Å². The van der Waals surface area contributed by atoms with Crippen LogP contribution >= 0.6 is 0 Å². The van der Waals surface area contributed by atoms with E-state index in [9.17, 15) is 0 Å². The van der Waals surface area contributed by atoms with Gasteiger partial charge in [-0.1, -0.05) is 24.1 Å². The summed E-state index contributed by atoms with van der Waals surface area (Å²) in [5.74, 6) is 2.72. The monoisotopic (exact) mass is 181 g/mol. The molecular weight excluding hydrogens is 170 g/mol. The average Bonchev–Trinajstić information content (AvgIpc) is 2.18. The summed E-state index contributed by atoms with van der Waals surface area (Å²) in [6, 6.07) is 9.86. The maximum atomic E-state index is 5.70. The van der Waals surface area contributed by atoms with Crippen LogP contribution in [0.3, 0.4) is 0 Å². The smallest absolute Gasteiger partial charge is 0.0350 e. The van der Waals surface area contributed by atoms with Crippen molar-refractivity contribution in [3.8, 4) is 12.3 Å². The van der Waals surface area contributed by atoms with E-state index in [1.54, 1.807) is 0 Å². The molecule has 2 aromatic rings. The number of benzene rings is 2. The summed E-state index contributed by atoms with van der Waals surface area (Å²) < 4.78 is 0. The lowest BCUT2D eigenvalue weighted by Crippen LogP contribution is -1.88. The number of terminal acetylenes is 1. The van der Waals surface area contributed by atoms with Crippen LogP contribution in [0.25, 0.3) is 10.8 Å². The van der Waals surface area contributed by atoms with Gasteiger partial charge in [-0.2, -0.15) is 0 Å². The van der Waals surface area contributed by atoms with E-state index in [2.05, 4.69) is 5.92 Å². The third-order valence-corrected chi connectivity index (χ3v) is 2.40. The number of nitrogen functional groups attached to an aromatic ring is 1. The summed E-state index contributed by atoms with van der Waals surface area (Å²) in [7, 11) is 0. The zero-order valence-electron chi connectivity index (χ0n) is 8.04. The van der Waals surface area contributed by atoms with Gasteiger partial charge in [0.25, 0.3) is 0 Å². The van der Waals surface area contributed by atoms with Crippen LogP contribution in [0, 0.1) is 19.3 Å². The van der Waals surface area contributed by atoms with E-state index < -0.39 is 0 Å². The second kappa shape index (κ2) is 3.08. The molecule has 0 bridgehead atoms. The van der Waals surface area contributed by atoms with Gasteiger partial charge in [-0.15, -0.1) is 6.42 Å². The van der Waals surface area contributed by atoms with Gasteiger partial charge < -0.3 is 5.73 Å². The van der Waals surface area contributed by atoms with Gasteiger partial charge in [0, 0.05) is 11.3 Å². The first-order valence-corrected chi connectivity index (χ1v) is 4.48. The van der Waals surface area contributed by atoms with Crippen LogP contribution in [0.4, 0.5) is 5.69 Å². The second-order valence-corrected chi connectivity index (χ2v) is 3.38. The van der Waals surface area contributed by atoms with Crippen molar-refractivity contribution in [2.45, 2.75) is 6.92 Å². The highest BCUT2D eigenvalue weighted by Crippen LogP contribution is 2.23. The molecule has 2 N–H and O–H groups in total. The predicted octanol–water partition coefficient (Wildman–Crippen LogP) is 2.71. The molecule has 2 aromatic carbocycles. The minimum atomic E-state index is 0.768. The summed E-state index contributed by atoms with van der Waals surface area (Å²) in [4.78, 5) is 0. The predicted molar refractivity (Wildman–Crippen MR) is 61.0 cm³/mol. The van der Waals surface area contributed by atoms with Crippen molar-refractivity contribution < 1.29 is 0 Å². The van der Waals surface area contributed by atoms with Crippen molar-refractivity contribution in [3.05, 3.63) is 41.5 Å². The van der Waals surface area contributed by atoms with Gasteiger partial charge >= 0.3 is 0 Å². The highest BCUT2D eigenvalue weighted by Gasteiger charge is 2.01. The van der Waals surface area contributed by atoms with E-state index >= 15 is 0 Å². The topological polar surface area (TPSA) is 26.0 Å². The Bertz CT molecular complexity index is 533. The number of fused-ring (bicyclic) bond motifs is 1. The Kier molecular flexibility index (Phi) is 1.90. The van der Waals surface area contributed by atoms with Crippen molar-refractivity contribution in [3.63, 3.8) is 0 Å². The number of anilines is 1. The molecule has 0 aliphatic rings. The molecular formula is C13H11N. The molecule has 0 aromatic heterocycles. The molecule has 1 heteroatoms. The van der Waals surface area contributed by atoms with Crippen molar-refractivity contribution in [1.82, 2.24) is 0 Å². The van der Waals surface area contributed by atoms with Gasteiger partial charge in [-0.25, -0.2) is 0 Å². The van der Waals surface area contributed by atoms with Crippen LogP contribution in [-0.2, 0) is 0 Å². The molecule has 0 atom stereocenters. The van der Waals surface area contributed by atoms with Crippen molar-refractivity contribution in [2.75, 3.05) is 5.73 Å². The van der Waals surface area contributed by atoms with Gasteiger partial charge in [0.15, 0.2) is 0 Å². The van der Waals surface area contributed by atoms with E-state index in [1.807, 2.05) is 37.3 Å². The fraction of sp³-hybridized carbons (Fsp3) is 0.0769. The number of hydrogen-bond donors (Lipinski definition) is 1. The summed E-state index contributed by atoms with van der Waals surface area (Å²) in [5.41, 5.74) is 8.56. The molecule has 0 saturated carbocycles. The Morgan fingerprint density at radius 2 is 2.00 bits per heavy atom. The normalized spacial score (nSPS) is 10.0. The first kappa shape index (κ1) is 8.65. The van der Waals surface area contributed by atoms with Crippen LogP contribution in [0.5, 0.6) is 0 Å². The molecule has 2 rings (SSSR count). The Morgan fingerprint density at radius 1 is 1.21 bits per heavy atom. The molecule has 68 valence electrons. The number of rotatable bonds is 0. The Morgan fingerprint density at radius 3 is 2.71 bits per heavy atom. The van der Waals surface area contributed by atoms with Gasteiger partial charge in [0.2, 0.25) is 0 Å². The third kappa shape index (κ3) is 1.22. The molecule has 14 heavy (non-hydrogen) atoms.